The van der Waals surface area contributed by atoms with Gasteiger partial charge < -0.3 is 36.3 Å². The number of rotatable bonds is 14. The summed E-state index contributed by atoms with van der Waals surface area (Å²) >= 11 is 6.74. The smallest absolute Gasteiger partial charge is 0.326 e. The van der Waals surface area contributed by atoms with Gasteiger partial charge in [0.05, 0.1) is 23.3 Å². The van der Waals surface area contributed by atoms with Crippen LogP contribution in [0.4, 0.5) is 0 Å². The van der Waals surface area contributed by atoms with Crippen molar-refractivity contribution in [2.24, 2.45) is 11.5 Å². The van der Waals surface area contributed by atoms with Crippen molar-refractivity contribution in [3.63, 3.8) is 0 Å². The van der Waals surface area contributed by atoms with Crippen molar-refractivity contribution >= 4 is 23.5 Å². The van der Waals surface area contributed by atoms with Gasteiger partial charge in [0, 0.05) is 42.2 Å². The van der Waals surface area contributed by atoms with Gasteiger partial charge in [-0.25, -0.2) is 0 Å². The van der Waals surface area contributed by atoms with Gasteiger partial charge in [0.15, 0.2) is 0 Å². The number of aliphatic carboxylic acids is 1. The Morgan fingerprint density at radius 3 is 2.33 bits per heavy atom. The van der Waals surface area contributed by atoms with Gasteiger partial charge in [0.25, 0.3) is 0 Å². The molecule has 3 atom stereocenters. The molecule has 0 bridgehead atoms. The zero-order chi connectivity index (χ0) is 38.7. The van der Waals surface area contributed by atoms with Crippen LogP contribution in [0.3, 0.4) is 0 Å². The van der Waals surface area contributed by atoms with Crippen LogP contribution in [-0.2, 0) is 24.6 Å². The molecule has 1 unspecified atom stereocenters. The van der Waals surface area contributed by atoms with Crippen LogP contribution in [0.25, 0.3) is 22.3 Å². The van der Waals surface area contributed by atoms with Crippen LogP contribution >= 0.6 is 11.6 Å². The topological polar surface area (TPSA) is 190 Å². The Bertz CT molecular complexity index is 2230. The number of benzene rings is 4. The molecule has 0 spiro atoms. The summed E-state index contributed by atoms with van der Waals surface area (Å²) in [5.41, 5.74) is 20.5. The van der Waals surface area contributed by atoms with Crippen molar-refractivity contribution in [1.82, 2.24) is 10.3 Å². The highest BCUT2D eigenvalue weighted by molar-refractivity contribution is 6.32. The quantitative estimate of drug-likeness (QED) is 0.0751. The lowest BCUT2D eigenvalue weighted by molar-refractivity contribution is -0.145. The van der Waals surface area contributed by atoms with Crippen LogP contribution in [-0.4, -0.2) is 44.3 Å². The molecule has 1 amide bonds. The van der Waals surface area contributed by atoms with Gasteiger partial charge in [-0.05, 0) is 95.5 Å². The van der Waals surface area contributed by atoms with Gasteiger partial charge in [-0.2, -0.15) is 0 Å². The van der Waals surface area contributed by atoms with Crippen molar-refractivity contribution in [2.75, 3.05) is 6.61 Å². The Morgan fingerprint density at radius 2 is 1.61 bits per heavy atom. The highest BCUT2D eigenvalue weighted by Gasteiger charge is 2.32. The second kappa shape index (κ2) is 16.0. The van der Waals surface area contributed by atoms with Gasteiger partial charge in [0.2, 0.25) is 5.91 Å². The summed E-state index contributed by atoms with van der Waals surface area (Å²) in [6.07, 6.45) is 2.86. The fourth-order valence-electron chi connectivity index (χ4n) is 6.70. The number of aliphatic hydroxyl groups is 2. The molecule has 4 aromatic carbocycles. The van der Waals surface area contributed by atoms with Crippen molar-refractivity contribution in [3.8, 4) is 33.8 Å². The molecule has 0 radical (unpaired) electrons. The maximum atomic E-state index is 11.8. The number of pyridine rings is 1. The summed E-state index contributed by atoms with van der Waals surface area (Å²) < 4.78 is 12.5. The molecule has 0 saturated carbocycles. The molecule has 8 N–H and O–H groups in total. The van der Waals surface area contributed by atoms with Crippen molar-refractivity contribution in [1.29, 1.82) is 0 Å². The summed E-state index contributed by atoms with van der Waals surface area (Å²) in [5.74, 6) is -1.17. The number of nitrogens with one attached hydrogen (secondary N) is 1. The van der Waals surface area contributed by atoms with E-state index in [-0.39, 0.29) is 36.4 Å². The van der Waals surface area contributed by atoms with E-state index in [1.54, 1.807) is 24.4 Å². The molecule has 1 aliphatic carbocycles. The van der Waals surface area contributed by atoms with E-state index in [0.29, 0.717) is 29.0 Å². The van der Waals surface area contributed by atoms with Crippen molar-refractivity contribution < 1.29 is 34.4 Å². The SMILES string of the molecule is Cc1c(COc2cc(OCc3cncc(C(N)=O)c3)c(CNC(C)(CO)C(=O)O)cc2Cl)cccc1-c1cccc(-c2ccc3c(c2)[C@@H](O)C[C@H]3N)c1C. The molecule has 0 aliphatic heterocycles. The van der Waals surface area contributed by atoms with Crippen LogP contribution in [0.15, 0.2) is 85.2 Å². The first-order chi connectivity index (χ1) is 25.8. The van der Waals surface area contributed by atoms with Gasteiger partial charge in [-0.15, -0.1) is 0 Å². The Kier molecular flexibility index (Phi) is 11.4. The summed E-state index contributed by atoms with van der Waals surface area (Å²) in [4.78, 5) is 27.6. The number of carbonyl (C=O) groups excluding carboxylic acids is 1. The van der Waals surface area contributed by atoms with E-state index in [2.05, 4.69) is 41.5 Å². The first-order valence-corrected chi connectivity index (χ1v) is 17.8. The van der Waals surface area contributed by atoms with Crippen LogP contribution in [0, 0.1) is 13.8 Å². The number of ether oxygens (including phenoxy) is 2. The van der Waals surface area contributed by atoms with Crippen LogP contribution < -0.4 is 26.3 Å². The Balaban J connectivity index is 1.26. The van der Waals surface area contributed by atoms with Gasteiger partial charge in [0.1, 0.15) is 30.3 Å². The minimum atomic E-state index is -1.61. The predicted octanol–water partition coefficient (Wildman–Crippen LogP) is 6.30. The number of aromatic nitrogens is 1. The third-order valence-electron chi connectivity index (χ3n) is 10.1. The molecule has 1 aliphatic rings. The Hall–Kier alpha value is -5.30. The number of fused-ring (bicyclic) bond motifs is 1. The molecule has 11 nitrogen and oxygen atoms in total. The van der Waals surface area contributed by atoms with E-state index in [1.807, 2.05) is 37.3 Å². The third kappa shape index (κ3) is 7.96. The molecule has 1 heterocycles. The van der Waals surface area contributed by atoms with E-state index in [1.165, 1.54) is 13.1 Å². The molecule has 0 saturated heterocycles. The van der Waals surface area contributed by atoms with Gasteiger partial charge >= 0.3 is 5.97 Å². The fourth-order valence-corrected chi connectivity index (χ4v) is 6.94. The lowest BCUT2D eigenvalue weighted by Crippen LogP contribution is -2.52. The molecule has 280 valence electrons. The van der Waals surface area contributed by atoms with E-state index in [4.69, 9.17) is 32.5 Å². The molecule has 5 aromatic rings. The maximum Gasteiger partial charge on any atom is 0.326 e. The molecular weight excluding hydrogens is 708 g/mol. The molecular formula is C42H43ClN4O7. The number of carboxylic acid groups (broad SMARTS) is 1. The number of carboxylic acids is 1. The highest BCUT2D eigenvalue weighted by atomic mass is 35.5. The number of carbonyl (C=O) groups is 2. The summed E-state index contributed by atoms with van der Waals surface area (Å²) in [7, 11) is 0. The molecule has 6 rings (SSSR count). The number of hydrogen-bond donors (Lipinski definition) is 6. The van der Waals surface area contributed by atoms with Crippen molar-refractivity contribution in [2.45, 2.75) is 64.6 Å². The zero-order valence-corrected chi connectivity index (χ0v) is 31.0. The number of hydrogen-bond acceptors (Lipinski definition) is 9. The normalized spacial score (nSPS) is 16.1. The number of aliphatic hydroxyl groups excluding tert-OH is 2. The maximum absolute atomic E-state index is 11.8. The third-order valence-corrected chi connectivity index (χ3v) is 10.4. The van der Waals surface area contributed by atoms with E-state index < -0.39 is 30.1 Å². The summed E-state index contributed by atoms with van der Waals surface area (Å²) in [5, 5.41) is 33.2. The number of nitrogens with zero attached hydrogens (tertiary/aromatic N) is 1. The van der Waals surface area contributed by atoms with Crippen LogP contribution in [0.2, 0.25) is 5.02 Å². The summed E-state index contributed by atoms with van der Waals surface area (Å²) in [6, 6.07) is 23.1. The number of amides is 1. The lowest BCUT2D eigenvalue weighted by atomic mass is 9.89. The van der Waals surface area contributed by atoms with Crippen LogP contribution in [0.5, 0.6) is 11.5 Å². The van der Waals surface area contributed by atoms with Crippen molar-refractivity contribution in [3.05, 3.63) is 135 Å². The second-order valence-electron chi connectivity index (χ2n) is 13.8. The fraction of sp³-hybridized carbons (Fsp3) is 0.262. The Labute approximate surface area is 318 Å². The second-order valence-corrected chi connectivity index (χ2v) is 14.2. The number of halogens is 1. The first-order valence-electron chi connectivity index (χ1n) is 17.5. The monoisotopic (exact) mass is 750 g/mol. The van der Waals surface area contributed by atoms with E-state index >= 15 is 0 Å². The van der Waals surface area contributed by atoms with Crippen LogP contribution in [0.1, 0.15) is 74.8 Å². The minimum absolute atomic E-state index is 0.00257. The molecule has 0 fully saturated rings. The van der Waals surface area contributed by atoms with Gasteiger partial charge in [-0.3, -0.25) is 19.9 Å². The minimum Gasteiger partial charge on any atom is -0.488 e. The molecule has 1 aromatic heterocycles. The standard InChI is InChI=1S/C42H43ClN4O7/c1-23-27(6-4-8-31(23)32-9-5-7-30(24(32)2)26-10-11-33-34(13-26)37(49)15-36(33)44)21-54-39-16-38(53-20-25-12-29(40(45)50)18-46-17-25)28(14-35(39)43)19-47-42(3,22-48)41(51)52/h4-14,16-18,36-37,47-49H,15,19-22,44H2,1-3H3,(H2,45,50)(H,51,52)/t36-,37+,42?/m1/s1. The first kappa shape index (κ1) is 38.4. The van der Waals surface area contributed by atoms with E-state index in [9.17, 15) is 24.9 Å². The number of primary amides is 1. The average molecular weight is 751 g/mol. The molecule has 12 heteroatoms. The lowest BCUT2D eigenvalue weighted by Gasteiger charge is -2.25. The Morgan fingerprint density at radius 1 is 0.907 bits per heavy atom. The zero-order valence-electron chi connectivity index (χ0n) is 30.2. The summed E-state index contributed by atoms with van der Waals surface area (Å²) in [6.45, 7) is 5.07. The van der Waals surface area contributed by atoms with Gasteiger partial charge in [-0.1, -0.05) is 60.1 Å². The highest BCUT2D eigenvalue weighted by Crippen LogP contribution is 2.41. The number of nitrogens with two attached hydrogens (primary N) is 2. The predicted molar refractivity (Wildman–Crippen MR) is 206 cm³/mol. The average Bonchev–Trinajstić information content (AvgIpc) is 3.45. The van der Waals surface area contributed by atoms with E-state index in [0.717, 1.165) is 50.1 Å². The largest absolute Gasteiger partial charge is 0.488 e. The molecule has 54 heavy (non-hydrogen) atoms.